The van der Waals surface area contributed by atoms with Gasteiger partial charge >= 0.3 is 0 Å². The predicted octanol–water partition coefficient (Wildman–Crippen LogP) is 2.10. The average Bonchev–Trinajstić information content (AvgIpc) is 2.83. The Morgan fingerprint density at radius 2 is 2.17 bits per heavy atom. The normalized spacial score (nSPS) is 11.6. The summed E-state index contributed by atoms with van der Waals surface area (Å²) < 4.78 is 1.03. The van der Waals surface area contributed by atoms with Crippen LogP contribution in [0.25, 0.3) is 0 Å². The van der Waals surface area contributed by atoms with Crippen LogP contribution < -0.4 is 0 Å². The van der Waals surface area contributed by atoms with Gasteiger partial charge in [-0.3, -0.25) is 4.79 Å². The van der Waals surface area contributed by atoms with Gasteiger partial charge in [0, 0.05) is 10.6 Å². The van der Waals surface area contributed by atoms with Gasteiger partial charge in [-0.05, 0) is 18.2 Å². The molecule has 1 aromatic carbocycles. The SMILES string of the molecule is O=C(/C(=N/O)n1cncn1)c1ccc(Cl)cc1Cl. The Morgan fingerprint density at radius 3 is 2.72 bits per heavy atom. The summed E-state index contributed by atoms with van der Waals surface area (Å²) in [5.74, 6) is -0.901. The number of Topliss-reactive ketones (excluding diaryl/α,β-unsaturated/α-hetero) is 1. The lowest BCUT2D eigenvalue weighted by Crippen LogP contribution is -2.24. The van der Waals surface area contributed by atoms with Crippen molar-refractivity contribution in [1.82, 2.24) is 14.8 Å². The summed E-state index contributed by atoms with van der Waals surface area (Å²) in [6.45, 7) is 0. The van der Waals surface area contributed by atoms with Crippen molar-refractivity contribution in [2.24, 2.45) is 5.16 Å². The Bertz CT molecular complexity index is 610. The molecule has 2 aromatic rings. The lowest BCUT2D eigenvalue weighted by atomic mass is 10.1. The van der Waals surface area contributed by atoms with E-state index >= 15 is 0 Å². The number of halogens is 2. The van der Waals surface area contributed by atoms with Gasteiger partial charge in [-0.2, -0.15) is 9.78 Å². The number of oxime groups is 1. The van der Waals surface area contributed by atoms with Crippen molar-refractivity contribution >= 4 is 34.8 Å². The van der Waals surface area contributed by atoms with Crippen molar-refractivity contribution in [3.63, 3.8) is 0 Å². The van der Waals surface area contributed by atoms with Crippen LogP contribution >= 0.6 is 23.2 Å². The lowest BCUT2D eigenvalue weighted by molar-refractivity contribution is 0.105. The molecule has 0 amide bonds. The molecule has 8 heteroatoms. The molecule has 0 atom stereocenters. The second-order valence-corrected chi connectivity index (χ2v) is 4.06. The van der Waals surface area contributed by atoms with E-state index in [4.69, 9.17) is 28.4 Å². The third kappa shape index (κ3) is 2.34. The number of hydrogen-bond acceptors (Lipinski definition) is 5. The van der Waals surface area contributed by atoms with Crippen LogP contribution in [0.4, 0.5) is 0 Å². The Kier molecular flexibility index (Phi) is 3.59. The van der Waals surface area contributed by atoms with E-state index in [2.05, 4.69) is 15.2 Å². The summed E-state index contributed by atoms with van der Waals surface area (Å²) in [5, 5.41) is 16.1. The first kappa shape index (κ1) is 12.5. The molecule has 6 nitrogen and oxygen atoms in total. The number of ketones is 1. The standard InChI is InChI=1S/C10H6Cl2N4O2/c11-6-1-2-7(8(12)3-6)9(17)10(15-18)16-5-13-4-14-16/h1-5,18H/b15-10-. The molecule has 0 spiro atoms. The highest BCUT2D eigenvalue weighted by Gasteiger charge is 2.20. The molecule has 1 heterocycles. The molecule has 1 N–H and O–H groups in total. The van der Waals surface area contributed by atoms with Gasteiger partial charge in [-0.15, -0.1) is 0 Å². The van der Waals surface area contributed by atoms with E-state index in [0.717, 1.165) is 4.68 Å². The van der Waals surface area contributed by atoms with E-state index in [1.54, 1.807) is 0 Å². The van der Waals surface area contributed by atoms with Gasteiger partial charge in [0.1, 0.15) is 12.7 Å². The largest absolute Gasteiger partial charge is 0.409 e. The molecule has 0 radical (unpaired) electrons. The van der Waals surface area contributed by atoms with Crippen molar-refractivity contribution in [3.05, 3.63) is 46.5 Å². The quantitative estimate of drug-likeness (QED) is 0.301. The Morgan fingerprint density at radius 1 is 1.39 bits per heavy atom. The minimum atomic E-state index is -0.593. The van der Waals surface area contributed by atoms with Crippen molar-refractivity contribution < 1.29 is 10.0 Å². The van der Waals surface area contributed by atoms with Crippen molar-refractivity contribution in [2.75, 3.05) is 0 Å². The molecule has 0 aliphatic rings. The number of nitrogens with zero attached hydrogens (tertiary/aromatic N) is 4. The molecule has 0 bridgehead atoms. The number of carbonyl (C=O) groups is 1. The number of aromatic nitrogens is 3. The monoisotopic (exact) mass is 284 g/mol. The summed E-state index contributed by atoms with van der Waals surface area (Å²) >= 11 is 11.6. The van der Waals surface area contributed by atoms with Crippen LogP contribution in [0.1, 0.15) is 10.4 Å². The first-order chi connectivity index (χ1) is 8.63. The van der Waals surface area contributed by atoms with Gasteiger partial charge in [0.25, 0.3) is 0 Å². The van der Waals surface area contributed by atoms with Crippen molar-refractivity contribution in [3.8, 4) is 0 Å². The van der Waals surface area contributed by atoms with Gasteiger partial charge in [-0.1, -0.05) is 28.4 Å². The zero-order chi connectivity index (χ0) is 13.1. The topological polar surface area (TPSA) is 80.4 Å². The summed E-state index contributed by atoms with van der Waals surface area (Å²) in [6.07, 6.45) is 2.44. The van der Waals surface area contributed by atoms with Gasteiger partial charge in [0.05, 0.1) is 5.02 Å². The van der Waals surface area contributed by atoms with Crippen LogP contribution in [-0.4, -0.2) is 31.6 Å². The van der Waals surface area contributed by atoms with E-state index in [9.17, 15) is 4.79 Å². The molecule has 0 saturated carbocycles. The number of rotatable bonds is 2. The third-order valence-electron chi connectivity index (χ3n) is 2.11. The molecule has 18 heavy (non-hydrogen) atoms. The second kappa shape index (κ2) is 5.16. The zero-order valence-electron chi connectivity index (χ0n) is 8.79. The van der Waals surface area contributed by atoms with Crippen LogP contribution in [0, 0.1) is 0 Å². The Labute approximate surface area is 111 Å². The molecule has 0 aliphatic carbocycles. The molecule has 92 valence electrons. The van der Waals surface area contributed by atoms with Gasteiger partial charge < -0.3 is 5.21 Å². The molecular formula is C10H6Cl2N4O2. The van der Waals surface area contributed by atoms with Crippen molar-refractivity contribution in [2.45, 2.75) is 0 Å². The highest BCUT2D eigenvalue weighted by molar-refractivity contribution is 6.49. The van der Waals surface area contributed by atoms with Crippen LogP contribution in [0.2, 0.25) is 10.0 Å². The molecule has 0 saturated heterocycles. The van der Waals surface area contributed by atoms with Crippen LogP contribution in [0.3, 0.4) is 0 Å². The summed E-state index contributed by atoms with van der Waals surface area (Å²) in [7, 11) is 0. The van der Waals surface area contributed by atoms with Gasteiger partial charge in [0.2, 0.25) is 11.6 Å². The van der Waals surface area contributed by atoms with Crippen LogP contribution in [-0.2, 0) is 0 Å². The Hall–Kier alpha value is -1.92. The van der Waals surface area contributed by atoms with E-state index in [1.165, 1.54) is 30.9 Å². The predicted molar refractivity (Wildman–Crippen MR) is 65.4 cm³/mol. The number of benzene rings is 1. The summed E-state index contributed by atoms with van der Waals surface area (Å²) in [4.78, 5) is 15.8. The minimum Gasteiger partial charge on any atom is -0.409 e. The summed E-state index contributed by atoms with van der Waals surface area (Å²) in [5.41, 5.74) is 0.157. The van der Waals surface area contributed by atoms with Crippen LogP contribution in [0.15, 0.2) is 36.0 Å². The Balaban J connectivity index is 2.42. The molecule has 0 fully saturated rings. The zero-order valence-corrected chi connectivity index (χ0v) is 10.3. The van der Waals surface area contributed by atoms with E-state index in [-0.39, 0.29) is 16.4 Å². The second-order valence-electron chi connectivity index (χ2n) is 3.22. The maximum atomic E-state index is 12.1. The molecule has 0 unspecified atom stereocenters. The minimum absolute atomic E-state index is 0.157. The van der Waals surface area contributed by atoms with Crippen LogP contribution in [0.5, 0.6) is 0 Å². The fourth-order valence-corrected chi connectivity index (χ4v) is 1.80. The van der Waals surface area contributed by atoms with Gasteiger partial charge in [0.15, 0.2) is 0 Å². The smallest absolute Gasteiger partial charge is 0.242 e. The molecular weight excluding hydrogens is 279 g/mol. The first-order valence-corrected chi connectivity index (χ1v) is 5.46. The van der Waals surface area contributed by atoms with E-state index < -0.39 is 5.78 Å². The van der Waals surface area contributed by atoms with Crippen molar-refractivity contribution in [1.29, 1.82) is 0 Å². The highest BCUT2D eigenvalue weighted by Crippen LogP contribution is 2.21. The molecule has 1 aromatic heterocycles. The highest BCUT2D eigenvalue weighted by atomic mass is 35.5. The fraction of sp³-hybridized carbons (Fsp3) is 0. The number of carbonyl (C=O) groups excluding carboxylic acids is 1. The first-order valence-electron chi connectivity index (χ1n) is 4.70. The van der Waals surface area contributed by atoms with E-state index in [0.29, 0.717) is 5.02 Å². The molecule has 2 rings (SSSR count). The summed E-state index contributed by atoms with van der Waals surface area (Å²) in [6, 6.07) is 4.37. The fourth-order valence-electron chi connectivity index (χ4n) is 1.31. The maximum Gasteiger partial charge on any atom is 0.242 e. The third-order valence-corrected chi connectivity index (χ3v) is 2.66. The number of hydrogen-bond donors (Lipinski definition) is 1. The lowest BCUT2D eigenvalue weighted by Gasteiger charge is -2.05. The maximum absolute atomic E-state index is 12.1. The average molecular weight is 285 g/mol. The van der Waals surface area contributed by atoms with Gasteiger partial charge in [-0.25, -0.2) is 4.98 Å². The van der Waals surface area contributed by atoms with E-state index in [1.807, 2.05) is 0 Å². The molecule has 0 aliphatic heterocycles.